The summed E-state index contributed by atoms with van der Waals surface area (Å²) in [5.41, 5.74) is 2.24. The lowest BCUT2D eigenvalue weighted by Gasteiger charge is -2.32. The Morgan fingerprint density at radius 2 is 1.96 bits per heavy atom. The summed E-state index contributed by atoms with van der Waals surface area (Å²) < 4.78 is 2.17. The van der Waals surface area contributed by atoms with Crippen molar-refractivity contribution in [2.75, 3.05) is 13.1 Å². The molecule has 0 aliphatic carbocycles. The number of hydrogen-bond donors (Lipinski definition) is 0. The first-order valence-electron chi connectivity index (χ1n) is 9.77. The van der Waals surface area contributed by atoms with E-state index >= 15 is 0 Å². The number of fused-ring (bicyclic) bond motifs is 1. The third-order valence-electron chi connectivity index (χ3n) is 5.51. The summed E-state index contributed by atoms with van der Waals surface area (Å²) >= 11 is 1.71. The van der Waals surface area contributed by atoms with Crippen molar-refractivity contribution < 1.29 is 4.79 Å². The van der Waals surface area contributed by atoms with Crippen LogP contribution in [0.3, 0.4) is 0 Å². The van der Waals surface area contributed by atoms with Crippen LogP contribution in [-0.2, 0) is 13.0 Å². The number of rotatable bonds is 5. The smallest absolute Gasteiger partial charge is 0.270 e. The lowest BCUT2D eigenvalue weighted by molar-refractivity contribution is 0.0681. The summed E-state index contributed by atoms with van der Waals surface area (Å²) in [4.78, 5) is 16.4. The number of allylic oxidation sites excluding steroid dienone is 2. The van der Waals surface area contributed by atoms with E-state index in [9.17, 15) is 4.79 Å². The van der Waals surface area contributed by atoms with Gasteiger partial charge in [0.2, 0.25) is 0 Å². The molecule has 3 aromatic rings. The van der Waals surface area contributed by atoms with Gasteiger partial charge in [0.15, 0.2) is 0 Å². The number of amides is 1. The zero-order chi connectivity index (χ0) is 18.6. The van der Waals surface area contributed by atoms with E-state index in [0.29, 0.717) is 5.92 Å². The molecule has 3 nitrogen and oxygen atoms in total. The minimum atomic E-state index is 0.182. The van der Waals surface area contributed by atoms with Gasteiger partial charge < -0.3 is 9.47 Å². The largest absolute Gasteiger partial charge is 0.337 e. The van der Waals surface area contributed by atoms with Gasteiger partial charge in [0.25, 0.3) is 5.91 Å². The van der Waals surface area contributed by atoms with Crippen molar-refractivity contribution in [3.8, 4) is 0 Å². The Bertz CT molecular complexity index is 930. The summed E-state index contributed by atoms with van der Waals surface area (Å²) in [6.45, 7) is 4.50. The summed E-state index contributed by atoms with van der Waals surface area (Å²) in [5.74, 6) is 0.857. The van der Waals surface area contributed by atoms with Gasteiger partial charge in [0.1, 0.15) is 10.5 Å². The van der Waals surface area contributed by atoms with Gasteiger partial charge in [0.05, 0.1) is 0 Å². The number of carbonyl (C=O) groups is 1. The molecule has 0 atom stereocenters. The Hall–Kier alpha value is -2.33. The summed E-state index contributed by atoms with van der Waals surface area (Å²) in [6.07, 6.45) is 7.45. The van der Waals surface area contributed by atoms with Gasteiger partial charge in [-0.25, -0.2) is 0 Å². The topological polar surface area (TPSA) is 25.2 Å². The highest BCUT2D eigenvalue weighted by atomic mass is 32.1. The van der Waals surface area contributed by atoms with Crippen LogP contribution in [0.25, 0.3) is 10.2 Å². The van der Waals surface area contributed by atoms with E-state index in [-0.39, 0.29) is 5.91 Å². The molecule has 0 bridgehead atoms. The van der Waals surface area contributed by atoms with E-state index in [4.69, 9.17) is 0 Å². The number of thiophene rings is 1. The van der Waals surface area contributed by atoms with Crippen LogP contribution in [0.5, 0.6) is 0 Å². The molecule has 1 aromatic carbocycles. The van der Waals surface area contributed by atoms with Crippen molar-refractivity contribution in [3.63, 3.8) is 0 Å². The Balaban J connectivity index is 1.45. The lowest BCUT2D eigenvalue weighted by Crippen LogP contribution is -2.39. The third kappa shape index (κ3) is 3.86. The number of hydrogen-bond acceptors (Lipinski definition) is 2. The average Bonchev–Trinajstić information content (AvgIpc) is 3.29. The van der Waals surface area contributed by atoms with Crippen molar-refractivity contribution >= 4 is 27.5 Å². The first-order chi connectivity index (χ1) is 13.3. The quantitative estimate of drug-likeness (QED) is 0.548. The summed E-state index contributed by atoms with van der Waals surface area (Å²) in [5, 5.41) is 3.27. The average molecular weight is 379 g/mol. The molecule has 4 heteroatoms. The van der Waals surface area contributed by atoms with Gasteiger partial charge in [-0.2, -0.15) is 0 Å². The molecule has 1 aliphatic rings. The minimum absolute atomic E-state index is 0.182. The van der Waals surface area contributed by atoms with Gasteiger partial charge in [0, 0.05) is 25.0 Å². The van der Waals surface area contributed by atoms with Crippen LogP contribution >= 0.6 is 11.3 Å². The van der Waals surface area contributed by atoms with Crippen molar-refractivity contribution in [3.05, 3.63) is 71.3 Å². The van der Waals surface area contributed by atoms with E-state index in [1.54, 1.807) is 11.3 Å². The molecule has 0 N–H and O–H groups in total. The number of benzene rings is 1. The molecule has 4 rings (SSSR count). The minimum Gasteiger partial charge on any atom is -0.337 e. The van der Waals surface area contributed by atoms with Crippen LogP contribution < -0.4 is 0 Å². The molecule has 2 aromatic heterocycles. The molecule has 1 fully saturated rings. The SMILES string of the molecule is C/C=C\Cn1c(C(=O)N2CCC(Cc3ccccc3)CC2)cc2ccsc21. The Morgan fingerprint density at radius 3 is 2.70 bits per heavy atom. The number of aromatic nitrogens is 1. The van der Waals surface area contributed by atoms with E-state index in [1.807, 2.05) is 17.9 Å². The highest BCUT2D eigenvalue weighted by Crippen LogP contribution is 2.28. The second-order valence-electron chi connectivity index (χ2n) is 7.32. The van der Waals surface area contributed by atoms with Gasteiger partial charge in [-0.3, -0.25) is 4.79 Å². The maximum Gasteiger partial charge on any atom is 0.270 e. The first-order valence-corrected chi connectivity index (χ1v) is 10.7. The van der Waals surface area contributed by atoms with Gasteiger partial charge >= 0.3 is 0 Å². The molecule has 0 saturated carbocycles. The number of likely N-dealkylation sites (tertiary alicyclic amines) is 1. The predicted octanol–water partition coefficient (Wildman–Crippen LogP) is 5.37. The molecule has 0 radical (unpaired) electrons. The Labute approximate surface area is 164 Å². The zero-order valence-electron chi connectivity index (χ0n) is 15.8. The molecule has 27 heavy (non-hydrogen) atoms. The molecule has 140 valence electrons. The van der Waals surface area contributed by atoms with E-state index in [2.05, 4.69) is 58.5 Å². The standard InChI is InChI=1S/C23H26N2OS/c1-2-3-12-25-21(17-20-11-15-27-23(20)25)22(26)24-13-9-19(10-14-24)16-18-7-5-4-6-8-18/h2-8,11,15,17,19H,9-10,12-14,16H2,1H3/b3-2-. The molecule has 3 heterocycles. The molecule has 1 saturated heterocycles. The molecule has 0 spiro atoms. The highest BCUT2D eigenvalue weighted by Gasteiger charge is 2.26. The second-order valence-corrected chi connectivity index (χ2v) is 8.21. The van der Waals surface area contributed by atoms with E-state index < -0.39 is 0 Å². The van der Waals surface area contributed by atoms with Crippen LogP contribution in [0, 0.1) is 5.92 Å². The van der Waals surface area contributed by atoms with Crippen molar-refractivity contribution in [2.24, 2.45) is 5.92 Å². The van der Waals surface area contributed by atoms with Crippen LogP contribution in [0.15, 0.2) is 60.0 Å². The van der Waals surface area contributed by atoms with Gasteiger partial charge in [-0.1, -0.05) is 42.5 Å². The monoisotopic (exact) mass is 378 g/mol. The summed E-state index contributed by atoms with van der Waals surface area (Å²) in [6, 6.07) is 14.9. The van der Waals surface area contributed by atoms with Crippen LogP contribution in [-0.4, -0.2) is 28.5 Å². The normalized spacial score (nSPS) is 15.8. The van der Waals surface area contributed by atoms with Crippen molar-refractivity contribution in [1.82, 2.24) is 9.47 Å². The van der Waals surface area contributed by atoms with E-state index in [1.165, 1.54) is 15.8 Å². The van der Waals surface area contributed by atoms with Gasteiger partial charge in [-0.15, -0.1) is 11.3 Å². The Morgan fingerprint density at radius 1 is 1.19 bits per heavy atom. The molecule has 1 aliphatic heterocycles. The Kier molecular flexibility index (Phi) is 5.44. The fourth-order valence-corrected chi connectivity index (χ4v) is 4.90. The molecule has 1 amide bonds. The third-order valence-corrected chi connectivity index (χ3v) is 6.47. The lowest BCUT2D eigenvalue weighted by atomic mass is 9.90. The van der Waals surface area contributed by atoms with Gasteiger partial charge in [-0.05, 0) is 55.2 Å². The molecule has 0 unspecified atom stereocenters. The maximum atomic E-state index is 13.2. The van der Waals surface area contributed by atoms with Crippen molar-refractivity contribution in [1.29, 1.82) is 0 Å². The summed E-state index contributed by atoms with van der Waals surface area (Å²) in [7, 11) is 0. The van der Waals surface area contributed by atoms with Crippen LogP contribution in [0.2, 0.25) is 0 Å². The molecular weight excluding hydrogens is 352 g/mol. The zero-order valence-corrected chi connectivity index (χ0v) is 16.6. The number of piperidine rings is 1. The fourth-order valence-electron chi connectivity index (χ4n) is 3.99. The van der Waals surface area contributed by atoms with E-state index in [0.717, 1.165) is 44.6 Å². The second kappa shape index (κ2) is 8.13. The fraction of sp³-hybridized carbons (Fsp3) is 0.348. The first kappa shape index (κ1) is 18.1. The molecular formula is C23H26N2OS. The predicted molar refractivity (Wildman–Crippen MR) is 113 cm³/mol. The number of carbonyl (C=O) groups excluding carboxylic acids is 1. The maximum absolute atomic E-state index is 13.2. The van der Waals surface area contributed by atoms with Crippen molar-refractivity contribution in [2.45, 2.75) is 32.7 Å². The highest BCUT2D eigenvalue weighted by molar-refractivity contribution is 7.16. The number of nitrogens with zero attached hydrogens (tertiary/aromatic N) is 2. The van der Waals surface area contributed by atoms with Crippen LogP contribution in [0.1, 0.15) is 35.8 Å². The van der Waals surface area contributed by atoms with Crippen LogP contribution in [0.4, 0.5) is 0 Å².